The quantitative estimate of drug-likeness (QED) is 0.456. The van der Waals surface area contributed by atoms with Crippen molar-refractivity contribution in [2.45, 2.75) is 13.3 Å². The van der Waals surface area contributed by atoms with E-state index in [9.17, 15) is 9.59 Å². The van der Waals surface area contributed by atoms with E-state index in [1.54, 1.807) is 22.7 Å². The van der Waals surface area contributed by atoms with Crippen LogP contribution in [-0.2, 0) is 9.59 Å². The van der Waals surface area contributed by atoms with E-state index in [1.807, 2.05) is 36.6 Å². The molecule has 3 heterocycles. The Hall–Kier alpha value is -3.43. The monoisotopic (exact) mass is 481 g/mol. The van der Waals surface area contributed by atoms with Crippen LogP contribution < -0.4 is 15.0 Å². The van der Waals surface area contributed by atoms with Gasteiger partial charge in [-0.15, -0.1) is 16.4 Å². The van der Waals surface area contributed by atoms with Gasteiger partial charge >= 0.3 is 0 Å². The molecule has 0 radical (unpaired) electrons. The molecule has 1 saturated heterocycles. The normalized spacial score (nSPS) is 15.9. The van der Waals surface area contributed by atoms with Gasteiger partial charge in [0.1, 0.15) is 5.75 Å². The van der Waals surface area contributed by atoms with Gasteiger partial charge in [0.2, 0.25) is 22.7 Å². The maximum absolute atomic E-state index is 12.9. The number of aromatic nitrogens is 3. The van der Waals surface area contributed by atoms with Gasteiger partial charge in [0.25, 0.3) is 0 Å². The standard InChI is InChI=1S/C23H20ClN5O3S/c1-13-3-5-14(6-4-13)18-12-33-23-26-22(27-29(18)23)25-21(31)15-9-20(30)28(11-15)17-10-16(24)7-8-19(17)32-2/h3-8,10,12,15H,9,11H2,1-2H3,(H,25,27,31). The Morgan fingerprint density at radius 2 is 2.03 bits per heavy atom. The molecule has 1 fully saturated rings. The molecule has 0 saturated carbocycles. The van der Waals surface area contributed by atoms with E-state index < -0.39 is 5.92 Å². The van der Waals surface area contributed by atoms with E-state index in [4.69, 9.17) is 16.3 Å². The van der Waals surface area contributed by atoms with Crippen LogP contribution in [0.15, 0.2) is 47.8 Å². The highest BCUT2D eigenvalue weighted by Gasteiger charge is 2.37. The fraction of sp³-hybridized carbons (Fsp3) is 0.217. The molecule has 1 N–H and O–H groups in total. The molecule has 1 atom stereocenters. The fourth-order valence-electron chi connectivity index (χ4n) is 3.86. The van der Waals surface area contributed by atoms with Crippen molar-refractivity contribution in [3.8, 4) is 17.0 Å². The summed E-state index contributed by atoms with van der Waals surface area (Å²) < 4.78 is 7.07. The predicted octanol–water partition coefficient (Wildman–Crippen LogP) is 4.42. The van der Waals surface area contributed by atoms with Crippen LogP contribution in [-0.4, -0.2) is 40.1 Å². The molecule has 1 aliphatic rings. The van der Waals surface area contributed by atoms with E-state index in [2.05, 4.69) is 15.4 Å². The molecule has 1 unspecified atom stereocenters. The second-order valence-corrected chi connectivity index (χ2v) is 9.10. The molecule has 0 aliphatic carbocycles. The third-order valence-corrected chi connectivity index (χ3v) is 6.64. The van der Waals surface area contributed by atoms with E-state index in [-0.39, 0.29) is 30.7 Å². The molecule has 2 aromatic heterocycles. The maximum atomic E-state index is 12.9. The lowest BCUT2D eigenvalue weighted by atomic mass is 10.1. The number of rotatable bonds is 5. The summed E-state index contributed by atoms with van der Waals surface area (Å²) in [5, 5.41) is 9.70. The lowest BCUT2D eigenvalue weighted by Crippen LogP contribution is -2.28. The smallest absolute Gasteiger partial charge is 0.250 e. The number of thiazole rings is 1. The second-order valence-electron chi connectivity index (χ2n) is 7.83. The van der Waals surface area contributed by atoms with Crippen LogP contribution in [0, 0.1) is 12.8 Å². The van der Waals surface area contributed by atoms with Crippen molar-refractivity contribution in [1.29, 1.82) is 0 Å². The summed E-state index contributed by atoms with van der Waals surface area (Å²) in [5.74, 6) is -0.280. The minimum atomic E-state index is -0.542. The molecule has 0 spiro atoms. The molecule has 2 amide bonds. The Kier molecular flexibility index (Phi) is 5.51. The van der Waals surface area contributed by atoms with E-state index in [0.29, 0.717) is 21.4 Å². The molecule has 168 valence electrons. The number of fused-ring (bicyclic) bond motifs is 1. The topological polar surface area (TPSA) is 88.8 Å². The van der Waals surface area contributed by atoms with Crippen LogP contribution in [0.5, 0.6) is 5.75 Å². The van der Waals surface area contributed by atoms with Gasteiger partial charge in [0.05, 0.1) is 24.4 Å². The Morgan fingerprint density at radius 1 is 1.24 bits per heavy atom. The minimum Gasteiger partial charge on any atom is -0.495 e. The van der Waals surface area contributed by atoms with Gasteiger partial charge in [0.15, 0.2) is 0 Å². The number of halogens is 1. The van der Waals surface area contributed by atoms with Crippen molar-refractivity contribution >= 4 is 51.3 Å². The summed E-state index contributed by atoms with van der Waals surface area (Å²) >= 11 is 7.55. The van der Waals surface area contributed by atoms with Crippen molar-refractivity contribution in [3.63, 3.8) is 0 Å². The lowest BCUT2D eigenvalue weighted by molar-refractivity contribution is -0.122. The van der Waals surface area contributed by atoms with Crippen LogP contribution in [0.1, 0.15) is 12.0 Å². The Morgan fingerprint density at radius 3 is 2.79 bits per heavy atom. The first-order valence-corrected chi connectivity index (χ1v) is 11.5. The number of ether oxygens (including phenoxy) is 1. The third kappa shape index (κ3) is 4.05. The summed E-state index contributed by atoms with van der Waals surface area (Å²) in [4.78, 5) is 32.2. The van der Waals surface area contributed by atoms with Crippen LogP contribution in [0.3, 0.4) is 0 Å². The highest BCUT2D eigenvalue weighted by molar-refractivity contribution is 7.15. The van der Waals surface area contributed by atoms with Crippen molar-refractivity contribution in [3.05, 3.63) is 58.4 Å². The first-order chi connectivity index (χ1) is 15.9. The Balaban J connectivity index is 1.34. The van der Waals surface area contributed by atoms with Crippen molar-refractivity contribution < 1.29 is 14.3 Å². The zero-order valence-corrected chi connectivity index (χ0v) is 19.5. The van der Waals surface area contributed by atoms with Crippen LogP contribution in [0.2, 0.25) is 5.02 Å². The van der Waals surface area contributed by atoms with Crippen molar-refractivity contribution in [2.24, 2.45) is 5.92 Å². The molecule has 2 aromatic carbocycles. The van der Waals surface area contributed by atoms with E-state index in [0.717, 1.165) is 11.3 Å². The summed E-state index contributed by atoms with van der Waals surface area (Å²) in [6, 6.07) is 13.2. The molecule has 4 aromatic rings. The van der Waals surface area contributed by atoms with Gasteiger partial charge in [-0.25, -0.2) is 4.52 Å². The third-order valence-electron chi connectivity index (χ3n) is 5.59. The summed E-state index contributed by atoms with van der Waals surface area (Å²) in [6.45, 7) is 2.26. The molecule has 1 aliphatic heterocycles. The van der Waals surface area contributed by atoms with Crippen LogP contribution in [0.25, 0.3) is 16.2 Å². The minimum absolute atomic E-state index is 0.0817. The highest BCUT2D eigenvalue weighted by atomic mass is 35.5. The average Bonchev–Trinajstić information content (AvgIpc) is 3.48. The number of aryl methyl sites for hydroxylation is 1. The molecule has 5 rings (SSSR count). The number of benzene rings is 2. The van der Waals surface area contributed by atoms with Gasteiger partial charge < -0.3 is 9.64 Å². The molecular formula is C23H20ClN5O3S. The van der Waals surface area contributed by atoms with Gasteiger partial charge in [-0.2, -0.15) is 4.98 Å². The summed E-state index contributed by atoms with van der Waals surface area (Å²) in [6.07, 6.45) is 0.0817. The van der Waals surface area contributed by atoms with Crippen molar-refractivity contribution in [1.82, 2.24) is 14.6 Å². The van der Waals surface area contributed by atoms with Gasteiger partial charge in [-0.3, -0.25) is 14.9 Å². The van der Waals surface area contributed by atoms with E-state index >= 15 is 0 Å². The van der Waals surface area contributed by atoms with Gasteiger partial charge in [0, 0.05) is 28.9 Å². The number of anilines is 2. The number of amides is 2. The largest absolute Gasteiger partial charge is 0.495 e. The number of nitrogens with zero attached hydrogens (tertiary/aromatic N) is 4. The number of nitrogens with one attached hydrogen (secondary N) is 1. The second kappa shape index (κ2) is 8.49. The molecule has 8 nitrogen and oxygen atoms in total. The molecule has 10 heteroatoms. The zero-order valence-electron chi connectivity index (χ0n) is 17.9. The average molecular weight is 482 g/mol. The van der Waals surface area contributed by atoms with Gasteiger partial charge in [-0.1, -0.05) is 41.4 Å². The van der Waals surface area contributed by atoms with Crippen LogP contribution in [0.4, 0.5) is 11.6 Å². The van der Waals surface area contributed by atoms with Crippen LogP contribution >= 0.6 is 22.9 Å². The Labute approximate surface area is 198 Å². The highest BCUT2D eigenvalue weighted by Crippen LogP contribution is 2.35. The number of methoxy groups -OCH3 is 1. The summed E-state index contributed by atoms with van der Waals surface area (Å²) in [7, 11) is 1.53. The number of hydrogen-bond donors (Lipinski definition) is 1. The number of hydrogen-bond acceptors (Lipinski definition) is 6. The molecule has 0 bridgehead atoms. The number of carbonyl (C=O) groups excluding carboxylic acids is 2. The number of carbonyl (C=O) groups is 2. The predicted molar refractivity (Wildman–Crippen MR) is 128 cm³/mol. The first-order valence-electron chi connectivity index (χ1n) is 10.3. The zero-order chi connectivity index (χ0) is 23.1. The Bertz CT molecular complexity index is 1360. The first kappa shape index (κ1) is 21.4. The lowest BCUT2D eigenvalue weighted by Gasteiger charge is -2.19. The fourth-order valence-corrected chi connectivity index (χ4v) is 4.86. The summed E-state index contributed by atoms with van der Waals surface area (Å²) in [5.41, 5.74) is 3.64. The van der Waals surface area contributed by atoms with E-state index in [1.165, 1.54) is 28.9 Å². The van der Waals surface area contributed by atoms with Gasteiger partial charge in [-0.05, 0) is 25.1 Å². The molecular weight excluding hydrogens is 462 g/mol. The maximum Gasteiger partial charge on any atom is 0.250 e. The van der Waals surface area contributed by atoms with Crippen molar-refractivity contribution in [2.75, 3.05) is 23.9 Å². The SMILES string of the molecule is COc1ccc(Cl)cc1N1CC(C(=O)Nc2nc3scc(-c4ccc(C)cc4)n3n2)CC1=O. The molecule has 33 heavy (non-hydrogen) atoms.